The number of fused-ring (bicyclic) bond motifs is 2. The summed E-state index contributed by atoms with van der Waals surface area (Å²) >= 11 is 0. The number of carbonyl (C=O) groups excluding carboxylic acids is 2. The van der Waals surface area contributed by atoms with Gasteiger partial charge in [0.25, 0.3) is 11.8 Å². The van der Waals surface area contributed by atoms with E-state index >= 15 is 0 Å². The van der Waals surface area contributed by atoms with Crippen LogP contribution in [-0.2, 0) is 12.2 Å². The van der Waals surface area contributed by atoms with Crippen molar-refractivity contribution in [2.75, 3.05) is 13.1 Å². The van der Waals surface area contributed by atoms with Gasteiger partial charge in [-0.15, -0.1) is 0 Å². The molecule has 2 amide bonds. The van der Waals surface area contributed by atoms with Crippen LogP contribution < -0.4 is 0 Å². The maximum atomic E-state index is 13.4. The van der Waals surface area contributed by atoms with Crippen molar-refractivity contribution in [3.8, 4) is 0 Å². The summed E-state index contributed by atoms with van der Waals surface area (Å²) in [5.74, 6) is -0.295. The summed E-state index contributed by atoms with van der Waals surface area (Å²) < 4.78 is 6.87. The molecule has 0 spiro atoms. The number of aromatic nitrogens is 3. The predicted octanol–water partition coefficient (Wildman–Crippen LogP) is 1.64. The van der Waals surface area contributed by atoms with Crippen LogP contribution in [0.3, 0.4) is 0 Å². The molecular formula is C19H17N5O3. The Balaban J connectivity index is 1.70. The Morgan fingerprint density at radius 3 is 2.89 bits per heavy atom. The van der Waals surface area contributed by atoms with E-state index in [0.29, 0.717) is 36.6 Å². The maximum absolute atomic E-state index is 13.4. The summed E-state index contributed by atoms with van der Waals surface area (Å²) in [5.41, 5.74) is 1.44. The van der Waals surface area contributed by atoms with Crippen LogP contribution in [-0.4, -0.2) is 49.4 Å². The smallest absolute Gasteiger partial charge is 0.272 e. The second-order valence-corrected chi connectivity index (χ2v) is 6.81. The van der Waals surface area contributed by atoms with Crippen molar-refractivity contribution in [2.45, 2.75) is 19.1 Å². The van der Waals surface area contributed by atoms with Gasteiger partial charge in [-0.2, -0.15) is 0 Å². The predicted molar refractivity (Wildman–Crippen MR) is 93.7 cm³/mol. The van der Waals surface area contributed by atoms with E-state index in [-0.39, 0.29) is 11.8 Å². The molecule has 1 saturated heterocycles. The van der Waals surface area contributed by atoms with Gasteiger partial charge in [-0.25, -0.2) is 0 Å². The normalized spacial score (nSPS) is 21.3. The molecule has 136 valence electrons. The number of rotatable bonds is 2. The lowest BCUT2D eigenvalue weighted by molar-refractivity contribution is -0.00613. The molecule has 27 heavy (non-hydrogen) atoms. The molecule has 5 rings (SSSR count). The average Bonchev–Trinajstić information content (AvgIpc) is 3.40. The van der Waals surface area contributed by atoms with Crippen molar-refractivity contribution >= 4 is 11.8 Å². The summed E-state index contributed by atoms with van der Waals surface area (Å²) in [7, 11) is 0. The first-order chi connectivity index (χ1) is 13.1. The molecule has 0 aromatic carbocycles. The summed E-state index contributed by atoms with van der Waals surface area (Å²) in [6.45, 7) is 3.06. The Hall–Kier alpha value is -3.42. The zero-order valence-electron chi connectivity index (χ0n) is 14.7. The topological polar surface area (TPSA) is 84.5 Å². The monoisotopic (exact) mass is 363 g/mol. The van der Waals surface area contributed by atoms with Crippen LogP contribution in [0.5, 0.6) is 0 Å². The second-order valence-electron chi connectivity index (χ2n) is 6.81. The van der Waals surface area contributed by atoms with Gasteiger partial charge in [0.1, 0.15) is 17.5 Å². The van der Waals surface area contributed by atoms with Gasteiger partial charge in [0, 0.05) is 37.2 Å². The largest absolute Gasteiger partial charge is 0.364 e. The highest BCUT2D eigenvalue weighted by atomic mass is 16.5. The number of nitrogens with zero attached hydrogens (tertiary/aromatic N) is 5. The molecule has 8 heteroatoms. The standard InChI is InChI=1S/C19H17N5O3/c1-13-15(11-27-21-13)17(25)23-8-9-24-18(26)16-5-3-7-22(16)12-19(23,24)14-4-2-6-20-10-14/h2-7,10-11H,8-9,12H2,1H3. The second kappa shape index (κ2) is 5.54. The lowest BCUT2D eigenvalue weighted by Gasteiger charge is -2.46. The third-order valence-corrected chi connectivity index (χ3v) is 5.47. The molecule has 0 bridgehead atoms. The molecule has 2 aliphatic rings. The molecule has 0 aliphatic carbocycles. The van der Waals surface area contributed by atoms with Crippen molar-refractivity contribution in [2.24, 2.45) is 0 Å². The Morgan fingerprint density at radius 1 is 1.26 bits per heavy atom. The van der Waals surface area contributed by atoms with Crippen LogP contribution in [0.2, 0.25) is 0 Å². The quantitative estimate of drug-likeness (QED) is 0.691. The minimum absolute atomic E-state index is 0.0903. The van der Waals surface area contributed by atoms with Crippen molar-refractivity contribution in [3.05, 3.63) is 71.6 Å². The highest BCUT2D eigenvalue weighted by Crippen LogP contribution is 2.43. The van der Waals surface area contributed by atoms with Gasteiger partial charge in [-0.05, 0) is 25.1 Å². The Morgan fingerprint density at radius 2 is 2.15 bits per heavy atom. The summed E-state index contributed by atoms with van der Waals surface area (Å²) in [6.07, 6.45) is 6.64. The molecule has 2 aliphatic heterocycles. The molecule has 8 nitrogen and oxygen atoms in total. The lowest BCUT2D eigenvalue weighted by Crippen LogP contribution is -2.60. The number of hydrogen-bond donors (Lipinski definition) is 0. The molecule has 1 unspecified atom stereocenters. The van der Waals surface area contributed by atoms with E-state index < -0.39 is 5.66 Å². The zero-order valence-corrected chi connectivity index (χ0v) is 14.7. The van der Waals surface area contributed by atoms with Gasteiger partial charge in [0.05, 0.1) is 12.2 Å². The minimum atomic E-state index is -0.932. The number of pyridine rings is 1. The van der Waals surface area contributed by atoms with Gasteiger partial charge < -0.3 is 18.9 Å². The molecule has 1 atom stereocenters. The lowest BCUT2D eigenvalue weighted by atomic mass is 9.95. The van der Waals surface area contributed by atoms with Gasteiger partial charge >= 0.3 is 0 Å². The van der Waals surface area contributed by atoms with Crippen LogP contribution in [0, 0.1) is 6.92 Å². The fourth-order valence-electron chi connectivity index (χ4n) is 4.19. The fourth-order valence-corrected chi connectivity index (χ4v) is 4.19. The molecule has 3 aromatic rings. The summed E-state index contributed by atoms with van der Waals surface area (Å²) in [5, 5.41) is 3.83. The number of aryl methyl sites for hydroxylation is 1. The molecule has 0 radical (unpaired) electrons. The van der Waals surface area contributed by atoms with Gasteiger partial charge in [0.15, 0.2) is 5.66 Å². The summed E-state index contributed by atoms with van der Waals surface area (Å²) in [4.78, 5) is 34.3. The van der Waals surface area contributed by atoms with E-state index in [0.717, 1.165) is 5.56 Å². The van der Waals surface area contributed by atoms with Crippen molar-refractivity contribution < 1.29 is 14.1 Å². The van der Waals surface area contributed by atoms with Gasteiger partial charge in [0.2, 0.25) is 0 Å². The highest BCUT2D eigenvalue weighted by Gasteiger charge is 2.56. The maximum Gasteiger partial charge on any atom is 0.272 e. The SMILES string of the molecule is Cc1nocc1C(=O)N1CCN2C(=O)c3cccn3CC12c1cccnc1. The van der Waals surface area contributed by atoms with E-state index in [4.69, 9.17) is 4.52 Å². The number of hydrogen-bond acceptors (Lipinski definition) is 5. The molecule has 0 saturated carbocycles. The molecule has 1 fully saturated rings. The average molecular weight is 363 g/mol. The first-order valence-electron chi connectivity index (χ1n) is 8.73. The number of carbonyl (C=O) groups is 2. The van der Waals surface area contributed by atoms with Crippen molar-refractivity contribution in [1.29, 1.82) is 0 Å². The minimum Gasteiger partial charge on any atom is -0.364 e. The molecular weight excluding hydrogens is 346 g/mol. The van der Waals surface area contributed by atoms with Crippen LogP contribution >= 0.6 is 0 Å². The highest BCUT2D eigenvalue weighted by molar-refractivity contribution is 5.98. The van der Waals surface area contributed by atoms with E-state index in [1.165, 1.54) is 6.26 Å². The third-order valence-electron chi connectivity index (χ3n) is 5.47. The van der Waals surface area contributed by atoms with Gasteiger partial charge in [-0.3, -0.25) is 14.6 Å². The fraction of sp³-hybridized carbons (Fsp3) is 0.263. The van der Waals surface area contributed by atoms with Crippen molar-refractivity contribution in [1.82, 2.24) is 24.5 Å². The van der Waals surface area contributed by atoms with Crippen LogP contribution in [0.25, 0.3) is 0 Å². The Bertz CT molecular complexity index is 1040. The Kier molecular flexibility index (Phi) is 3.24. The van der Waals surface area contributed by atoms with E-state index in [1.54, 1.807) is 29.1 Å². The van der Waals surface area contributed by atoms with Crippen molar-refractivity contribution in [3.63, 3.8) is 0 Å². The molecule has 3 aromatic heterocycles. The number of amides is 2. The first-order valence-corrected chi connectivity index (χ1v) is 8.73. The van der Waals surface area contributed by atoms with E-state index in [1.807, 2.05) is 35.0 Å². The van der Waals surface area contributed by atoms with E-state index in [9.17, 15) is 9.59 Å². The Labute approximate surface area is 155 Å². The van der Waals surface area contributed by atoms with Crippen LogP contribution in [0.4, 0.5) is 0 Å². The zero-order chi connectivity index (χ0) is 18.6. The van der Waals surface area contributed by atoms with E-state index in [2.05, 4.69) is 10.1 Å². The summed E-state index contributed by atoms with van der Waals surface area (Å²) in [6, 6.07) is 7.39. The molecule has 0 N–H and O–H groups in total. The van der Waals surface area contributed by atoms with Crippen LogP contribution in [0.1, 0.15) is 32.1 Å². The third kappa shape index (κ3) is 2.03. The first kappa shape index (κ1) is 15.8. The van der Waals surface area contributed by atoms with Crippen LogP contribution in [0.15, 0.2) is 53.6 Å². The molecule has 5 heterocycles. The van der Waals surface area contributed by atoms with Gasteiger partial charge in [-0.1, -0.05) is 11.2 Å².